The molecule has 1 rings (SSSR count). The van der Waals surface area contributed by atoms with E-state index in [1.165, 1.54) is 0 Å². The summed E-state index contributed by atoms with van der Waals surface area (Å²) in [4.78, 5) is 13.2. The minimum Gasteiger partial charge on any atom is -0.341 e. The number of piperidine rings is 1. The van der Waals surface area contributed by atoms with Crippen LogP contribution in [0.25, 0.3) is 0 Å². The van der Waals surface area contributed by atoms with Gasteiger partial charge in [-0.1, -0.05) is 0 Å². The molecule has 1 atom stereocenters. The van der Waals surface area contributed by atoms with Crippen molar-refractivity contribution in [1.29, 1.82) is 0 Å². The van der Waals surface area contributed by atoms with Crippen LogP contribution in [0, 0.1) is 0 Å². The standard InChI is InChI=1S/C8H17N3O/c1-6(9)8(12)11-4-2-7(10)3-5-11/h6-7H,2-5,9-10H2,1H3. The molecule has 0 saturated carbocycles. The van der Waals surface area contributed by atoms with E-state index in [-0.39, 0.29) is 18.0 Å². The normalized spacial score (nSPS) is 22.4. The van der Waals surface area contributed by atoms with E-state index in [0.717, 1.165) is 25.9 Å². The van der Waals surface area contributed by atoms with Crippen molar-refractivity contribution in [2.75, 3.05) is 13.1 Å². The van der Waals surface area contributed by atoms with Crippen LogP contribution >= 0.6 is 0 Å². The number of carbonyl (C=O) groups is 1. The molecule has 0 radical (unpaired) electrons. The third-order valence-electron chi connectivity index (χ3n) is 2.24. The van der Waals surface area contributed by atoms with Gasteiger partial charge < -0.3 is 16.4 Å². The Morgan fingerprint density at radius 2 is 2.00 bits per heavy atom. The molecular formula is C8H17N3O. The molecule has 70 valence electrons. The maximum atomic E-state index is 11.4. The number of rotatable bonds is 1. The zero-order chi connectivity index (χ0) is 9.14. The second-order valence-corrected chi connectivity index (χ2v) is 3.45. The highest BCUT2D eigenvalue weighted by atomic mass is 16.2. The van der Waals surface area contributed by atoms with Crippen molar-refractivity contribution in [2.45, 2.75) is 31.8 Å². The predicted molar refractivity (Wildman–Crippen MR) is 47.4 cm³/mol. The Kier molecular flexibility index (Phi) is 3.05. The summed E-state index contributed by atoms with van der Waals surface area (Å²) in [6.45, 7) is 3.25. The summed E-state index contributed by atoms with van der Waals surface area (Å²) in [5, 5.41) is 0. The fraction of sp³-hybridized carbons (Fsp3) is 0.875. The summed E-state index contributed by atoms with van der Waals surface area (Å²) < 4.78 is 0. The van der Waals surface area contributed by atoms with Gasteiger partial charge >= 0.3 is 0 Å². The van der Waals surface area contributed by atoms with Gasteiger partial charge in [0.25, 0.3) is 0 Å². The highest BCUT2D eigenvalue weighted by Gasteiger charge is 2.22. The van der Waals surface area contributed by atoms with Crippen molar-refractivity contribution >= 4 is 5.91 Å². The first kappa shape index (κ1) is 9.48. The van der Waals surface area contributed by atoms with Gasteiger partial charge in [0.2, 0.25) is 5.91 Å². The van der Waals surface area contributed by atoms with Crippen LogP contribution in [0.4, 0.5) is 0 Å². The number of carbonyl (C=O) groups excluding carboxylic acids is 1. The van der Waals surface area contributed by atoms with Crippen LogP contribution < -0.4 is 11.5 Å². The first-order chi connectivity index (χ1) is 5.61. The largest absolute Gasteiger partial charge is 0.341 e. The van der Waals surface area contributed by atoms with Gasteiger partial charge in [-0.25, -0.2) is 0 Å². The van der Waals surface area contributed by atoms with Gasteiger partial charge in [-0.15, -0.1) is 0 Å². The molecule has 0 aromatic carbocycles. The lowest BCUT2D eigenvalue weighted by Crippen LogP contribution is -2.48. The molecule has 0 aliphatic carbocycles. The van der Waals surface area contributed by atoms with Crippen LogP contribution in [-0.2, 0) is 4.79 Å². The molecule has 1 amide bonds. The molecule has 1 heterocycles. The van der Waals surface area contributed by atoms with Crippen molar-refractivity contribution in [3.63, 3.8) is 0 Å². The number of amides is 1. The second-order valence-electron chi connectivity index (χ2n) is 3.45. The van der Waals surface area contributed by atoms with E-state index in [1.54, 1.807) is 11.8 Å². The molecule has 1 fully saturated rings. The van der Waals surface area contributed by atoms with Gasteiger partial charge in [-0.3, -0.25) is 4.79 Å². The monoisotopic (exact) mass is 171 g/mol. The summed E-state index contributed by atoms with van der Waals surface area (Å²) in [5.41, 5.74) is 11.2. The molecular weight excluding hydrogens is 154 g/mol. The van der Waals surface area contributed by atoms with Crippen LogP contribution in [0.3, 0.4) is 0 Å². The molecule has 0 aromatic heterocycles. The second kappa shape index (κ2) is 3.87. The average molecular weight is 171 g/mol. The number of likely N-dealkylation sites (tertiary alicyclic amines) is 1. The number of hydrogen-bond acceptors (Lipinski definition) is 3. The van der Waals surface area contributed by atoms with Gasteiger partial charge in [0.15, 0.2) is 0 Å². The minimum absolute atomic E-state index is 0.0434. The highest BCUT2D eigenvalue weighted by Crippen LogP contribution is 2.08. The van der Waals surface area contributed by atoms with E-state index in [0.29, 0.717) is 0 Å². The molecule has 1 aliphatic heterocycles. The third kappa shape index (κ3) is 2.19. The zero-order valence-electron chi connectivity index (χ0n) is 7.49. The molecule has 1 aliphatic rings. The molecule has 4 N–H and O–H groups in total. The molecule has 0 spiro atoms. The van der Waals surface area contributed by atoms with E-state index in [1.807, 2.05) is 0 Å². The van der Waals surface area contributed by atoms with Crippen LogP contribution in [-0.4, -0.2) is 36.0 Å². The van der Waals surface area contributed by atoms with Crippen LogP contribution in [0.1, 0.15) is 19.8 Å². The molecule has 0 aromatic rings. The van der Waals surface area contributed by atoms with Crippen molar-refractivity contribution in [1.82, 2.24) is 4.90 Å². The lowest BCUT2D eigenvalue weighted by Gasteiger charge is -2.31. The van der Waals surface area contributed by atoms with Crippen molar-refractivity contribution in [3.05, 3.63) is 0 Å². The topological polar surface area (TPSA) is 72.4 Å². The lowest BCUT2D eigenvalue weighted by molar-refractivity contribution is -0.133. The van der Waals surface area contributed by atoms with Crippen molar-refractivity contribution in [2.24, 2.45) is 11.5 Å². The van der Waals surface area contributed by atoms with Gasteiger partial charge in [0.1, 0.15) is 0 Å². The van der Waals surface area contributed by atoms with Crippen LogP contribution in [0.5, 0.6) is 0 Å². The number of hydrogen-bond donors (Lipinski definition) is 2. The quantitative estimate of drug-likeness (QED) is 0.547. The Balaban J connectivity index is 2.39. The minimum atomic E-state index is -0.376. The fourth-order valence-electron chi connectivity index (χ4n) is 1.41. The molecule has 4 heteroatoms. The van der Waals surface area contributed by atoms with E-state index in [2.05, 4.69) is 0 Å². The highest BCUT2D eigenvalue weighted by molar-refractivity contribution is 5.81. The Labute approximate surface area is 72.9 Å². The van der Waals surface area contributed by atoms with Crippen molar-refractivity contribution in [3.8, 4) is 0 Å². The lowest BCUT2D eigenvalue weighted by atomic mass is 10.1. The van der Waals surface area contributed by atoms with Crippen LogP contribution in [0.2, 0.25) is 0 Å². The summed E-state index contributed by atoms with van der Waals surface area (Å²) in [6.07, 6.45) is 1.80. The third-order valence-corrected chi connectivity index (χ3v) is 2.24. The summed E-state index contributed by atoms with van der Waals surface area (Å²) in [5.74, 6) is 0.0434. The average Bonchev–Trinajstić information content (AvgIpc) is 2.04. The van der Waals surface area contributed by atoms with Crippen molar-refractivity contribution < 1.29 is 4.79 Å². The Morgan fingerprint density at radius 1 is 1.50 bits per heavy atom. The summed E-state index contributed by atoms with van der Waals surface area (Å²) in [7, 11) is 0. The fourth-order valence-corrected chi connectivity index (χ4v) is 1.41. The van der Waals surface area contributed by atoms with Gasteiger partial charge in [-0.05, 0) is 19.8 Å². The van der Waals surface area contributed by atoms with Gasteiger partial charge in [0, 0.05) is 19.1 Å². The maximum absolute atomic E-state index is 11.4. The smallest absolute Gasteiger partial charge is 0.239 e. The molecule has 0 bridgehead atoms. The first-order valence-corrected chi connectivity index (χ1v) is 4.41. The van der Waals surface area contributed by atoms with E-state index in [4.69, 9.17) is 11.5 Å². The summed E-state index contributed by atoms with van der Waals surface area (Å²) >= 11 is 0. The summed E-state index contributed by atoms with van der Waals surface area (Å²) in [6, 6.07) is -0.110. The Hall–Kier alpha value is -0.610. The SMILES string of the molecule is CC(N)C(=O)N1CCC(N)CC1. The predicted octanol–water partition coefficient (Wildman–Crippen LogP) is -0.717. The number of nitrogens with zero attached hydrogens (tertiary/aromatic N) is 1. The van der Waals surface area contributed by atoms with Crippen LogP contribution in [0.15, 0.2) is 0 Å². The van der Waals surface area contributed by atoms with E-state index < -0.39 is 0 Å². The molecule has 12 heavy (non-hydrogen) atoms. The van der Waals surface area contributed by atoms with Gasteiger partial charge in [-0.2, -0.15) is 0 Å². The van der Waals surface area contributed by atoms with Gasteiger partial charge in [0.05, 0.1) is 6.04 Å². The Morgan fingerprint density at radius 3 is 2.42 bits per heavy atom. The Bertz CT molecular complexity index is 162. The maximum Gasteiger partial charge on any atom is 0.239 e. The number of nitrogens with two attached hydrogens (primary N) is 2. The molecule has 1 saturated heterocycles. The van der Waals surface area contributed by atoms with E-state index >= 15 is 0 Å². The molecule has 4 nitrogen and oxygen atoms in total. The zero-order valence-corrected chi connectivity index (χ0v) is 7.49. The van der Waals surface area contributed by atoms with E-state index in [9.17, 15) is 4.79 Å². The molecule has 1 unspecified atom stereocenters. The first-order valence-electron chi connectivity index (χ1n) is 4.41.